The van der Waals surface area contributed by atoms with Crippen molar-refractivity contribution < 1.29 is 4.79 Å². The number of hydrogen-bond acceptors (Lipinski definition) is 3. The molecule has 0 spiro atoms. The summed E-state index contributed by atoms with van der Waals surface area (Å²) < 4.78 is 0.0236. The summed E-state index contributed by atoms with van der Waals surface area (Å²) >= 11 is 18.0. The van der Waals surface area contributed by atoms with Gasteiger partial charge in [-0.25, -0.2) is 9.67 Å². The molecule has 5 nitrogen and oxygen atoms in total. The molecular formula is C11H17Cl3N4O. The lowest BCUT2D eigenvalue weighted by Crippen LogP contribution is -2.45. The zero-order chi connectivity index (χ0) is 14.5. The Morgan fingerprint density at radius 1 is 1.53 bits per heavy atom. The first-order valence-electron chi connectivity index (χ1n) is 6.00. The first-order chi connectivity index (χ1) is 8.92. The molecular weight excluding hydrogens is 311 g/mol. The monoisotopic (exact) mass is 326 g/mol. The molecule has 2 unspecified atom stereocenters. The Morgan fingerprint density at radius 3 is 2.68 bits per heavy atom. The van der Waals surface area contributed by atoms with Gasteiger partial charge in [-0.1, -0.05) is 43.5 Å². The van der Waals surface area contributed by atoms with E-state index in [0.29, 0.717) is 0 Å². The lowest BCUT2D eigenvalue weighted by atomic mass is 10.1. The van der Waals surface area contributed by atoms with Gasteiger partial charge >= 0.3 is 0 Å². The van der Waals surface area contributed by atoms with Crippen molar-refractivity contribution in [1.82, 2.24) is 20.1 Å². The Balaban J connectivity index is 2.85. The molecule has 0 aromatic carbocycles. The fraction of sp³-hybridized carbons (Fsp3) is 0.727. The predicted octanol–water partition coefficient (Wildman–Crippen LogP) is 2.74. The van der Waals surface area contributed by atoms with Crippen molar-refractivity contribution in [3.05, 3.63) is 12.7 Å². The summed E-state index contributed by atoms with van der Waals surface area (Å²) in [5.74, 6) is -0.322. The average Bonchev–Trinajstić information content (AvgIpc) is 2.89. The van der Waals surface area contributed by atoms with Gasteiger partial charge in [-0.3, -0.25) is 4.79 Å². The zero-order valence-electron chi connectivity index (χ0n) is 10.8. The molecule has 0 aliphatic heterocycles. The predicted molar refractivity (Wildman–Crippen MR) is 76.4 cm³/mol. The van der Waals surface area contributed by atoms with E-state index in [2.05, 4.69) is 15.4 Å². The Kier molecular flexibility index (Phi) is 6.36. The minimum absolute atomic E-state index is 0.0525. The molecule has 8 heteroatoms. The van der Waals surface area contributed by atoms with Crippen molar-refractivity contribution in [2.75, 3.05) is 5.88 Å². The Labute approximate surface area is 127 Å². The summed E-state index contributed by atoms with van der Waals surface area (Å²) in [4.78, 5) is 15.9. The average molecular weight is 328 g/mol. The Hall–Kier alpha value is -0.520. The van der Waals surface area contributed by atoms with E-state index in [1.165, 1.54) is 17.3 Å². The van der Waals surface area contributed by atoms with Crippen LogP contribution >= 0.6 is 34.8 Å². The highest BCUT2D eigenvalue weighted by atomic mass is 35.5. The highest BCUT2D eigenvalue weighted by Crippen LogP contribution is 2.33. The molecule has 0 bridgehead atoms. The lowest BCUT2D eigenvalue weighted by Gasteiger charge is -2.29. The number of hydrogen-bond donors (Lipinski definition) is 1. The van der Waals surface area contributed by atoms with E-state index in [1.54, 1.807) is 0 Å². The SMILES string of the molecule is CCCC(C)C(=O)NC(n1cncn1)C(Cl)(Cl)CCl. The second-order valence-corrected chi connectivity index (χ2v) is 6.18. The van der Waals surface area contributed by atoms with Gasteiger partial charge < -0.3 is 5.32 Å². The van der Waals surface area contributed by atoms with Crippen LogP contribution in [0.25, 0.3) is 0 Å². The van der Waals surface area contributed by atoms with E-state index in [0.717, 1.165) is 12.8 Å². The second kappa shape index (κ2) is 7.31. The number of nitrogens with one attached hydrogen (secondary N) is 1. The molecule has 0 fully saturated rings. The van der Waals surface area contributed by atoms with Gasteiger partial charge in [0, 0.05) is 5.92 Å². The third kappa shape index (κ3) is 4.51. The molecule has 0 aliphatic carbocycles. The van der Waals surface area contributed by atoms with Crippen LogP contribution in [0.4, 0.5) is 0 Å². The summed E-state index contributed by atoms with van der Waals surface area (Å²) in [6, 6.07) is 0. The first-order valence-corrected chi connectivity index (χ1v) is 7.29. The number of aromatic nitrogens is 3. The van der Waals surface area contributed by atoms with Crippen molar-refractivity contribution >= 4 is 40.7 Å². The van der Waals surface area contributed by atoms with Crippen LogP contribution < -0.4 is 5.32 Å². The molecule has 0 radical (unpaired) electrons. The minimum Gasteiger partial charge on any atom is -0.331 e. The van der Waals surface area contributed by atoms with Gasteiger partial charge in [0.25, 0.3) is 0 Å². The smallest absolute Gasteiger partial charge is 0.224 e. The number of nitrogens with zero attached hydrogens (tertiary/aromatic N) is 3. The van der Waals surface area contributed by atoms with Gasteiger partial charge in [0.1, 0.15) is 12.7 Å². The molecule has 1 N–H and O–H groups in total. The molecule has 0 saturated heterocycles. The largest absolute Gasteiger partial charge is 0.331 e. The number of amides is 1. The van der Waals surface area contributed by atoms with Crippen molar-refractivity contribution in [2.45, 2.75) is 37.2 Å². The maximum absolute atomic E-state index is 12.1. The molecule has 1 aromatic rings. The van der Waals surface area contributed by atoms with Crippen LogP contribution in [-0.4, -0.2) is 30.9 Å². The van der Waals surface area contributed by atoms with E-state index in [9.17, 15) is 4.79 Å². The van der Waals surface area contributed by atoms with Crippen molar-refractivity contribution in [2.24, 2.45) is 5.92 Å². The van der Waals surface area contributed by atoms with Crippen LogP contribution in [0.15, 0.2) is 12.7 Å². The number of halogens is 3. The third-order valence-corrected chi connectivity index (χ3v) is 4.10. The van der Waals surface area contributed by atoms with Crippen LogP contribution in [0.5, 0.6) is 0 Å². The fourth-order valence-electron chi connectivity index (χ4n) is 1.63. The normalized spacial score (nSPS) is 15.0. The van der Waals surface area contributed by atoms with Crippen LogP contribution in [0.3, 0.4) is 0 Å². The van der Waals surface area contributed by atoms with E-state index >= 15 is 0 Å². The number of carbonyl (C=O) groups excluding carboxylic acids is 1. The van der Waals surface area contributed by atoms with Gasteiger partial charge in [-0.2, -0.15) is 5.10 Å². The van der Waals surface area contributed by atoms with Crippen molar-refractivity contribution in [3.63, 3.8) is 0 Å². The molecule has 1 amide bonds. The minimum atomic E-state index is -1.36. The molecule has 19 heavy (non-hydrogen) atoms. The van der Waals surface area contributed by atoms with E-state index in [-0.39, 0.29) is 17.7 Å². The highest BCUT2D eigenvalue weighted by Gasteiger charge is 2.38. The van der Waals surface area contributed by atoms with E-state index in [1.807, 2.05) is 13.8 Å². The Bertz CT molecular complexity index is 397. The van der Waals surface area contributed by atoms with Gasteiger partial charge in [-0.15, -0.1) is 11.6 Å². The lowest BCUT2D eigenvalue weighted by molar-refractivity contribution is -0.126. The molecule has 108 valence electrons. The molecule has 1 heterocycles. The van der Waals surface area contributed by atoms with E-state index < -0.39 is 10.5 Å². The topological polar surface area (TPSA) is 59.8 Å². The van der Waals surface area contributed by atoms with Crippen LogP contribution in [-0.2, 0) is 4.79 Å². The molecule has 0 saturated carbocycles. The highest BCUT2D eigenvalue weighted by molar-refractivity contribution is 6.51. The number of rotatable bonds is 7. The third-order valence-electron chi connectivity index (χ3n) is 2.73. The van der Waals surface area contributed by atoms with E-state index in [4.69, 9.17) is 34.8 Å². The summed E-state index contributed by atoms with van der Waals surface area (Å²) in [6.07, 6.45) is 3.72. The molecule has 2 atom stereocenters. The summed E-state index contributed by atoms with van der Waals surface area (Å²) in [5.41, 5.74) is 0. The zero-order valence-corrected chi connectivity index (χ0v) is 13.1. The Morgan fingerprint density at radius 2 is 2.21 bits per heavy atom. The molecule has 0 aliphatic rings. The second-order valence-electron chi connectivity index (χ2n) is 4.37. The maximum atomic E-state index is 12.1. The quantitative estimate of drug-likeness (QED) is 0.783. The summed E-state index contributed by atoms with van der Waals surface area (Å²) in [7, 11) is 0. The van der Waals surface area contributed by atoms with Gasteiger partial charge in [0.15, 0.2) is 10.5 Å². The van der Waals surface area contributed by atoms with Crippen LogP contribution in [0.2, 0.25) is 0 Å². The standard InChI is InChI=1S/C11H17Cl3N4O/c1-3-4-8(2)9(19)17-10(11(13,14)5-12)18-7-15-6-16-18/h6-8,10H,3-5H2,1-2H3,(H,17,19). The molecule has 1 aromatic heterocycles. The van der Waals surface area contributed by atoms with Gasteiger partial charge in [-0.05, 0) is 6.42 Å². The van der Waals surface area contributed by atoms with Crippen molar-refractivity contribution in [3.8, 4) is 0 Å². The summed E-state index contributed by atoms with van der Waals surface area (Å²) in [5, 5.41) is 6.72. The van der Waals surface area contributed by atoms with Gasteiger partial charge in [0.2, 0.25) is 5.91 Å². The van der Waals surface area contributed by atoms with Crippen LogP contribution in [0.1, 0.15) is 32.9 Å². The molecule has 1 rings (SSSR count). The van der Waals surface area contributed by atoms with Crippen molar-refractivity contribution in [1.29, 1.82) is 0 Å². The maximum Gasteiger partial charge on any atom is 0.224 e. The number of carbonyl (C=O) groups is 1. The van der Waals surface area contributed by atoms with Crippen LogP contribution in [0, 0.1) is 5.92 Å². The number of alkyl halides is 3. The summed E-state index contributed by atoms with van der Waals surface area (Å²) in [6.45, 7) is 3.87. The van der Waals surface area contributed by atoms with Gasteiger partial charge in [0.05, 0.1) is 5.88 Å². The fourth-order valence-corrected chi connectivity index (χ4v) is 2.09. The first kappa shape index (κ1) is 16.5.